The third kappa shape index (κ3) is 4.55. The smallest absolute Gasteiger partial charge is 0.183 e. The van der Waals surface area contributed by atoms with Crippen LogP contribution in [0.15, 0.2) is 72.9 Å². The van der Waals surface area contributed by atoms with E-state index in [2.05, 4.69) is 20.4 Å². The number of aromatic nitrogens is 4. The lowest BCUT2D eigenvalue weighted by molar-refractivity contribution is 0.335. The van der Waals surface area contributed by atoms with Crippen molar-refractivity contribution < 1.29 is 18.3 Å². The number of hydrogen-bond acceptors (Lipinski definition) is 6. The zero-order valence-electron chi connectivity index (χ0n) is 19.7. The van der Waals surface area contributed by atoms with Gasteiger partial charge in [0.1, 0.15) is 23.1 Å². The second kappa shape index (κ2) is 9.99. The fourth-order valence-corrected chi connectivity index (χ4v) is 3.93. The Bertz CT molecular complexity index is 1500. The number of fused-ring (bicyclic) bond motifs is 1. The first-order valence-corrected chi connectivity index (χ1v) is 11.4. The molecule has 2 heterocycles. The van der Waals surface area contributed by atoms with Gasteiger partial charge in [-0.3, -0.25) is 4.68 Å². The monoisotopic (exact) mass is 487 g/mol. The summed E-state index contributed by atoms with van der Waals surface area (Å²) >= 11 is 0. The van der Waals surface area contributed by atoms with Crippen molar-refractivity contribution in [1.29, 1.82) is 0 Å². The summed E-state index contributed by atoms with van der Waals surface area (Å²) in [6, 6.07) is 19.3. The summed E-state index contributed by atoms with van der Waals surface area (Å²) in [7, 11) is 1.54. The first kappa shape index (κ1) is 23.2. The molecule has 0 spiro atoms. The van der Waals surface area contributed by atoms with Gasteiger partial charge < -0.3 is 14.8 Å². The van der Waals surface area contributed by atoms with Crippen LogP contribution in [0.25, 0.3) is 22.4 Å². The van der Waals surface area contributed by atoms with Crippen LogP contribution in [0, 0.1) is 11.6 Å². The molecule has 0 saturated carbocycles. The molecule has 0 radical (unpaired) electrons. The van der Waals surface area contributed by atoms with E-state index in [0.29, 0.717) is 35.2 Å². The van der Waals surface area contributed by atoms with E-state index in [9.17, 15) is 8.78 Å². The van der Waals surface area contributed by atoms with Crippen LogP contribution in [0.4, 0.5) is 20.3 Å². The van der Waals surface area contributed by atoms with E-state index in [1.807, 2.05) is 54.6 Å². The van der Waals surface area contributed by atoms with Gasteiger partial charge in [0, 0.05) is 28.8 Å². The molecule has 0 bridgehead atoms. The molecule has 9 heteroatoms. The van der Waals surface area contributed by atoms with Crippen LogP contribution in [0.2, 0.25) is 0 Å². The minimum Gasteiger partial charge on any atom is -0.494 e. The number of anilines is 2. The molecule has 0 aliphatic rings. The number of methoxy groups -OCH3 is 1. The maximum Gasteiger partial charge on any atom is 0.183 e. The third-order valence-corrected chi connectivity index (χ3v) is 5.61. The highest BCUT2D eigenvalue weighted by Gasteiger charge is 2.20. The zero-order valence-corrected chi connectivity index (χ0v) is 19.7. The topological polar surface area (TPSA) is 74.1 Å². The highest BCUT2D eigenvalue weighted by molar-refractivity contribution is 5.92. The molecule has 0 aliphatic carbocycles. The maximum atomic E-state index is 14.8. The van der Waals surface area contributed by atoms with Crippen molar-refractivity contribution in [3.8, 4) is 23.0 Å². The number of rotatable bonds is 8. The van der Waals surface area contributed by atoms with Gasteiger partial charge in [0.05, 0.1) is 32.0 Å². The molecule has 7 nitrogen and oxygen atoms in total. The Morgan fingerprint density at radius 1 is 0.972 bits per heavy atom. The van der Waals surface area contributed by atoms with Crippen molar-refractivity contribution in [1.82, 2.24) is 19.7 Å². The average molecular weight is 488 g/mol. The molecule has 0 fully saturated rings. The van der Waals surface area contributed by atoms with E-state index in [1.54, 1.807) is 24.9 Å². The highest BCUT2D eigenvalue weighted by atomic mass is 19.1. The molecule has 5 aromatic rings. The lowest BCUT2D eigenvalue weighted by Gasteiger charge is -2.11. The number of hydrogen-bond donors (Lipinski definition) is 1. The van der Waals surface area contributed by atoms with E-state index in [-0.39, 0.29) is 17.9 Å². The van der Waals surface area contributed by atoms with Crippen molar-refractivity contribution in [2.24, 2.45) is 0 Å². The normalized spacial score (nSPS) is 11.0. The first-order valence-electron chi connectivity index (χ1n) is 11.4. The SMILES string of the molecule is CCOc1cc(F)c(Cn2nc(-c3ncc(OC)c(Nc4ccccc4)n3)c3ccccc32)c(F)c1. The number of benzene rings is 3. The van der Waals surface area contributed by atoms with Crippen LogP contribution < -0.4 is 14.8 Å². The molecule has 0 atom stereocenters. The molecule has 2 aromatic heterocycles. The van der Waals surface area contributed by atoms with Gasteiger partial charge in [-0.1, -0.05) is 36.4 Å². The van der Waals surface area contributed by atoms with Gasteiger partial charge in [-0.05, 0) is 25.1 Å². The van der Waals surface area contributed by atoms with E-state index < -0.39 is 11.6 Å². The number of halogens is 2. The molecule has 0 unspecified atom stereocenters. The lowest BCUT2D eigenvalue weighted by atomic mass is 10.1. The summed E-state index contributed by atoms with van der Waals surface area (Å²) < 4.78 is 41.8. The molecular formula is C27H23F2N5O2. The van der Waals surface area contributed by atoms with Gasteiger partial charge in [-0.25, -0.2) is 18.7 Å². The van der Waals surface area contributed by atoms with Crippen molar-refractivity contribution >= 4 is 22.4 Å². The fraction of sp³-hybridized carbons (Fsp3) is 0.148. The lowest BCUT2D eigenvalue weighted by Crippen LogP contribution is -2.07. The van der Waals surface area contributed by atoms with Crippen LogP contribution in [0.5, 0.6) is 11.5 Å². The van der Waals surface area contributed by atoms with E-state index >= 15 is 0 Å². The van der Waals surface area contributed by atoms with Gasteiger partial charge in [0.25, 0.3) is 0 Å². The molecular weight excluding hydrogens is 464 g/mol. The Labute approximate surface area is 206 Å². The minimum absolute atomic E-state index is 0.111. The summed E-state index contributed by atoms with van der Waals surface area (Å²) in [6.45, 7) is 1.95. The fourth-order valence-electron chi connectivity index (χ4n) is 3.93. The Balaban J connectivity index is 1.56. The molecule has 0 amide bonds. The average Bonchev–Trinajstić information content (AvgIpc) is 3.25. The third-order valence-electron chi connectivity index (χ3n) is 5.61. The second-order valence-corrected chi connectivity index (χ2v) is 7.92. The number of para-hydroxylation sites is 2. The van der Waals surface area contributed by atoms with Gasteiger partial charge in [0.15, 0.2) is 17.4 Å². The van der Waals surface area contributed by atoms with E-state index in [0.717, 1.165) is 11.1 Å². The predicted octanol–water partition coefficient (Wildman–Crippen LogP) is 5.97. The Kier molecular flexibility index (Phi) is 6.44. The molecule has 1 N–H and O–H groups in total. The first-order chi connectivity index (χ1) is 17.6. The zero-order chi connectivity index (χ0) is 25.1. The Hall–Kier alpha value is -4.53. The Morgan fingerprint density at radius 2 is 1.69 bits per heavy atom. The van der Waals surface area contributed by atoms with E-state index in [1.165, 1.54) is 12.1 Å². The second-order valence-electron chi connectivity index (χ2n) is 7.92. The number of nitrogens with zero attached hydrogens (tertiary/aromatic N) is 4. The standard InChI is InChI=1S/C27H23F2N5O2/c1-3-36-18-13-21(28)20(22(29)14-18)16-34-23-12-8-7-11-19(23)25(33-34)27-30-15-24(35-2)26(32-27)31-17-9-5-4-6-10-17/h4-15H,3,16H2,1-2H3,(H,30,31,32). The summed E-state index contributed by atoms with van der Waals surface area (Å²) in [5.41, 5.74) is 1.89. The minimum atomic E-state index is -0.699. The van der Waals surface area contributed by atoms with Crippen molar-refractivity contribution in [3.63, 3.8) is 0 Å². The Morgan fingerprint density at radius 3 is 2.42 bits per heavy atom. The summed E-state index contributed by atoms with van der Waals surface area (Å²) in [4.78, 5) is 9.10. The van der Waals surface area contributed by atoms with Crippen molar-refractivity contribution in [3.05, 3.63) is 90.1 Å². The predicted molar refractivity (Wildman–Crippen MR) is 134 cm³/mol. The largest absolute Gasteiger partial charge is 0.494 e. The molecule has 182 valence electrons. The van der Waals surface area contributed by atoms with Crippen LogP contribution in [-0.4, -0.2) is 33.5 Å². The van der Waals surface area contributed by atoms with Crippen molar-refractivity contribution in [2.45, 2.75) is 13.5 Å². The molecule has 36 heavy (non-hydrogen) atoms. The summed E-state index contributed by atoms with van der Waals surface area (Å²) in [5.74, 6) is 0.0224. The summed E-state index contributed by atoms with van der Waals surface area (Å²) in [6.07, 6.45) is 1.56. The van der Waals surface area contributed by atoms with Crippen LogP contribution in [-0.2, 0) is 6.54 Å². The molecule has 5 rings (SSSR count). The van der Waals surface area contributed by atoms with E-state index in [4.69, 9.17) is 9.47 Å². The van der Waals surface area contributed by atoms with Gasteiger partial charge in [-0.2, -0.15) is 5.10 Å². The number of nitrogens with one attached hydrogen (secondary N) is 1. The van der Waals surface area contributed by atoms with Crippen LogP contribution in [0.3, 0.4) is 0 Å². The molecule has 3 aromatic carbocycles. The molecule has 0 aliphatic heterocycles. The summed E-state index contributed by atoms with van der Waals surface area (Å²) in [5, 5.41) is 8.65. The number of ether oxygens (including phenoxy) is 2. The quantitative estimate of drug-likeness (QED) is 0.291. The maximum absolute atomic E-state index is 14.8. The van der Waals surface area contributed by atoms with Gasteiger partial charge in [0.2, 0.25) is 0 Å². The highest BCUT2D eigenvalue weighted by Crippen LogP contribution is 2.31. The molecule has 0 saturated heterocycles. The van der Waals surface area contributed by atoms with Crippen LogP contribution in [0.1, 0.15) is 12.5 Å². The van der Waals surface area contributed by atoms with Gasteiger partial charge >= 0.3 is 0 Å². The van der Waals surface area contributed by atoms with Crippen LogP contribution >= 0.6 is 0 Å². The van der Waals surface area contributed by atoms with Gasteiger partial charge in [-0.15, -0.1) is 0 Å². The van der Waals surface area contributed by atoms with Crippen molar-refractivity contribution in [2.75, 3.05) is 19.0 Å².